The Bertz CT molecular complexity index is 962. The molecule has 2 fully saturated rings. The van der Waals surface area contributed by atoms with Crippen LogP contribution < -0.4 is 5.32 Å². The number of amides is 1. The van der Waals surface area contributed by atoms with Gasteiger partial charge in [-0.2, -0.15) is 4.31 Å². The van der Waals surface area contributed by atoms with Crippen molar-refractivity contribution in [1.29, 1.82) is 0 Å². The van der Waals surface area contributed by atoms with Gasteiger partial charge in [-0.15, -0.1) is 0 Å². The predicted octanol–water partition coefficient (Wildman–Crippen LogP) is 2.50. The fourth-order valence-electron chi connectivity index (χ4n) is 4.39. The van der Waals surface area contributed by atoms with Crippen molar-refractivity contribution in [2.75, 3.05) is 26.3 Å². The van der Waals surface area contributed by atoms with Gasteiger partial charge in [0.2, 0.25) is 10.0 Å². The minimum atomic E-state index is -3.75. The number of sulfonamides is 1. The molecule has 10 heteroatoms. The third-order valence-corrected chi connectivity index (χ3v) is 8.43. The fraction of sp³-hybridized carbons (Fsp3) is 0.625. The molecule has 1 N–H and O–H groups in total. The maximum Gasteiger partial charge on any atom is 0.338 e. The fourth-order valence-corrected chi connectivity index (χ4v) is 5.86. The predicted molar refractivity (Wildman–Crippen MR) is 124 cm³/mol. The average molecular weight is 495 g/mol. The van der Waals surface area contributed by atoms with Gasteiger partial charge in [-0.05, 0) is 75.6 Å². The molecule has 3 rings (SSSR count). The van der Waals surface area contributed by atoms with E-state index in [0.29, 0.717) is 18.8 Å². The molecule has 0 radical (unpaired) electrons. The highest BCUT2D eigenvalue weighted by Gasteiger charge is 2.33. The number of benzene rings is 1. The SMILES string of the molecule is CCOC(=O)c1ccc(S(=O)(=O)N2CCC(C(=O)OCC(=O)NC3CCC(C)CC3)CC2)cc1. The number of ether oxygens (including phenoxy) is 2. The normalized spacial score (nSPS) is 22.1. The number of rotatable bonds is 8. The van der Waals surface area contributed by atoms with E-state index < -0.39 is 27.9 Å². The molecule has 0 bridgehead atoms. The lowest BCUT2D eigenvalue weighted by Gasteiger charge is -2.30. The van der Waals surface area contributed by atoms with Gasteiger partial charge in [-0.25, -0.2) is 13.2 Å². The van der Waals surface area contributed by atoms with Gasteiger partial charge < -0.3 is 14.8 Å². The Balaban J connectivity index is 1.45. The van der Waals surface area contributed by atoms with Crippen molar-refractivity contribution in [3.05, 3.63) is 29.8 Å². The highest BCUT2D eigenvalue weighted by molar-refractivity contribution is 7.89. The van der Waals surface area contributed by atoms with Gasteiger partial charge in [0.05, 0.1) is 23.0 Å². The molecular formula is C24H34N2O7S. The summed E-state index contributed by atoms with van der Waals surface area (Å²) in [7, 11) is -3.75. The molecule has 188 valence electrons. The number of esters is 2. The molecule has 0 aromatic heterocycles. The van der Waals surface area contributed by atoms with E-state index in [4.69, 9.17) is 9.47 Å². The number of piperidine rings is 1. The number of hydrogen-bond donors (Lipinski definition) is 1. The smallest absolute Gasteiger partial charge is 0.338 e. The van der Waals surface area contributed by atoms with Gasteiger partial charge in [-0.3, -0.25) is 9.59 Å². The zero-order chi connectivity index (χ0) is 24.7. The maximum atomic E-state index is 12.9. The van der Waals surface area contributed by atoms with Gasteiger partial charge in [-0.1, -0.05) is 6.92 Å². The highest BCUT2D eigenvalue weighted by Crippen LogP contribution is 2.25. The first-order valence-electron chi connectivity index (χ1n) is 11.9. The molecule has 1 aliphatic heterocycles. The van der Waals surface area contributed by atoms with Crippen LogP contribution in [0.3, 0.4) is 0 Å². The van der Waals surface area contributed by atoms with E-state index in [-0.39, 0.29) is 48.7 Å². The number of nitrogens with one attached hydrogen (secondary N) is 1. The van der Waals surface area contributed by atoms with Gasteiger partial charge >= 0.3 is 11.9 Å². The van der Waals surface area contributed by atoms with Crippen LogP contribution in [0.2, 0.25) is 0 Å². The van der Waals surface area contributed by atoms with E-state index in [1.165, 1.54) is 28.6 Å². The molecule has 0 unspecified atom stereocenters. The summed E-state index contributed by atoms with van der Waals surface area (Å²) in [5.74, 6) is -1.03. The van der Waals surface area contributed by atoms with Gasteiger partial charge in [0.25, 0.3) is 5.91 Å². The van der Waals surface area contributed by atoms with Crippen LogP contribution in [0.15, 0.2) is 29.2 Å². The summed E-state index contributed by atoms with van der Waals surface area (Å²) >= 11 is 0. The van der Waals surface area contributed by atoms with E-state index in [1.807, 2.05) is 0 Å². The molecule has 1 aliphatic carbocycles. The Morgan fingerprint density at radius 1 is 0.971 bits per heavy atom. The van der Waals surface area contributed by atoms with Crippen LogP contribution in [-0.4, -0.2) is 62.9 Å². The van der Waals surface area contributed by atoms with E-state index in [2.05, 4.69) is 12.2 Å². The van der Waals surface area contributed by atoms with Crippen LogP contribution in [0.25, 0.3) is 0 Å². The van der Waals surface area contributed by atoms with E-state index in [1.54, 1.807) is 6.92 Å². The second kappa shape index (κ2) is 11.8. The zero-order valence-electron chi connectivity index (χ0n) is 19.8. The zero-order valence-corrected chi connectivity index (χ0v) is 20.6. The Kier molecular flexibility index (Phi) is 9.07. The van der Waals surface area contributed by atoms with E-state index in [9.17, 15) is 22.8 Å². The summed E-state index contributed by atoms with van der Waals surface area (Å²) in [6.45, 7) is 4.18. The monoisotopic (exact) mass is 494 g/mol. The molecule has 2 aliphatic rings. The Morgan fingerprint density at radius 2 is 1.59 bits per heavy atom. The van der Waals surface area contributed by atoms with E-state index >= 15 is 0 Å². The van der Waals surface area contributed by atoms with E-state index in [0.717, 1.165) is 25.7 Å². The molecule has 9 nitrogen and oxygen atoms in total. The first kappa shape index (κ1) is 26.2. The van der Waals surface area contributed by atoms with Gasteiger partial charge in [0.15, 0.2) is 6.61 Å². The van der Waals surface area contributed by atoms with Crippen LogP contribution in [0.4, 0.5) is 0 Å². The van der Waals surface area contributed by atoms with Crippen molar-refractivity contribution >= 4 is 27.9 Å². The Morgan fingerprint density at radius 3 is 2.18 bits per heavy atom. The maximum absolute atomic E-state index is 12.9. The third kappa shape index (κ3) is 6.79. The van der Waals surface area contributed by atoms with Crippen molar-refractivity contribution in [1.82, 2.24) is 9.62 Å². The largest absolute Gasteiger partial charge is 0.462 e. The molecule has 1 aromatic rings. The van der Waals surface area contributed by atoms with Crippen molar-refractivity contribution in [3.8, 4) is 0 Å². The van der Waals surface area contributed by atoms with Crippen LogP contribution >= 0.6 is 0 Å². The Labute approximate surface area is 201 Å². The lowest BCUT2D eigenvalue weighted by atomic mass is 9.87. The van der Waals surface area contributed by atoms with Crippen LogP contribution in [0.5, 0.6) is 0 Å². The summed E-state index contributed by atoms with van der Waals surface area (Å²) in [5, 5.41) is 2.93. The third-order valence-electron chi connectivity index (χ3n) is 6.52. The average Bonchev–Trinajstić information content (AvgIpc) is 2.84. The van der Waals surface area contributed by atoms with Gasteiger partial charge in [0, 0.05) is 19.1 Å². The van der Waals surface area contributed by atoms with Crippen molar-refractivity contribution in [2.24, 2.45) is 11.8 Å². The molecule has 34 heavy (non-hydrogen) atoms. The summed E-state index contributed by atoms with van der Waals surface area (Å²) in [6, 6.07) is 5.75. The minimum Gasteiger partial charge on any atom is -0.462 e. The highest BCUT2D eigenvalue weighted by atomic mass is 32.2. The lowest BCUT2D eigenvalue weighted by molar-refractivity contribution is -0.153. The number of carbonyl (C=O) groups is 3. The molecule has 1 aromatic carbocycles. The first-order valence-corrected chi connectivity index (χ1v) is 13.4. The minimum absolute atomic E-state index is 0.0790. The van der Waals surface area contributed by atoms with Crippen molar-refractivity contribution in [2.45, 2.75) is 63.3 Å². The first-order chi connectivity index (χ1) is 16.2. The Hall–Kier alpha value is -2.46. The molecule has 1 saturated heterocycles. The van der Waals surface area contributed by atoms with Gasteiger partial charge in [0.1, 0.15) is 0 Å². The summed E-state index contributed by atoms with van der Waals surface area (Å²) in [6.07, 6.45) is 4.70. The molecule has 1 heterocycles. The van der Waals surface area contributed by atoms with Crippen molar-refractivity contribution in [3.63, 3.8) is 0 Å². The molecular weight excluding hydrogens is 460 g/mol. The molecule has 0 spiro atoms. The van der Waals surface area contributed by atoms with Crippen molar-refractivity contribution < 1.29 is 32.3 Å². The number of hydrogen-bond acceptors (Lipinski definition) is 7. The molecule has 0 atom stereocenters. The molecule has 1 amide bonds. The number of nitrogens with zero attached hydrogens (tertiary/aromatic N) is 1. The lowest BCUT2D eigenvalue weighted by Crippen LogP contribution is -2.42. The standard InChI is InChI=1S/C24H34N2O7S/c1-3-32-23(28)18-6-10-21(11-7-18)34(30,31)26-14-12-19(13-15-26)24(29)33-16-22(27)25-20-8-4-17(2)5-9-20/h6-7,10-11,17,19-20H,3-5,8-9,12-16H2,1-2H3,(H,25,27). The van der Waals surface area contributed by atoms with Crippen LogP contribution in [0, 0.1) is 11.8 Å². The molecule has 1 saturated carbocycles. The summed E-state index contributed by atoms with van der Waals surface area (Å²) in [4.78, 5) is 36.4. The number of carbonyl (C=O) groups excluding carboxylic acids is 3. The summed E-state index contributed by atoms with van der Waals surface area (Å²) in [5.41, 5.74) is 0.282. The topological polar surface area (TPSA) is 119 Å². The summed E-state index contributed by atoms with van der Waals surface area (Å²) < 4.78 is 37.3. The second-order valence-electron chi connectivity index (χ2n) is 9.06. The second-order valence-corrected chi connectivity index (χ2v) is 11.0. The quantitative estimate of drug-likeness (QED) is 0.552. The van der Waals surface area contributed by atoms with Crippen LogP contribution in [0.1, 0.15) is 62.7 Å². The van der Waals surface area contributed by atoms with Crippen LogP contribution in [-0.2, 0) is 29.1 Å².